The zero-order valence-electron chi connectivity index (χ0n) is 11.6. The summed E-state index contributed by atoms with van der Waals surface area (Å²) < 4.78 is 13.8. The van der Waals surface area contributed by atoms with Gasteiger partial charge in [0.2, 0.25) is 5.91 Å². The van der Waals surface area contributed by atoms with Crippen molar-refractivity contribution in [3.8, 4) is 0 Å². The lowest BCUT2D eigenvalue weighted by Crippen LogP contribution is -2.38. The van der Waals surface area contributed by atoms with Crippen molar-refractivity contribution >= 4 is 11.6 Å². The quantitative estimate of drug-likeness (QED) is 0.878. The summed E-state index contributed by atoms with van der Waals surface area (Å²) in [6.07, 6.45) is 2.60. The van der Waals surface area contributed by atoms with E-state index in [4.69, 9.17) is 0 Å². The first-order valence-electron chi connectivity index (χ1n) is 6.86. The van der Waals surface area contributed by atoms with Gasteiger partial charge in [-0.1, -0.05) is 25.5 Å². The second kappa shape index (κ2) is 5.70. The van der Waals surface area contributed by atoms with Gasteiger partial charge in [-0.05, 0) is 37.9 Å². The van der Waals surface area contributed by atoms with Crippen molar-refractivity contribution in [2.75, 3.05) is 18.4 Å². The predicted molar refractivity (Wildman–Crippen MR) is 74.6 cm³/mol. The summed E-state index contributed by atoms with van der Waals surface area (Å²) >= 11 is 0. The lowest BCUT2D eigenvalue weighted by molar-refractivity contribution is -0.125. The number of halogens is 1. The van der Waals surface area contributed by atoms with Crippen molar-refractivity contribution < 1.29 is 9.18 Å². The highest BCUT2D eigenvalue weighted by Gasteiger charge is 2.40. The summed E-state index contributed by atoms with van der Waals surface area (Å²) in [6, 6.07) is 4.83. The van der Waals surface area contributed by atoms with E-state index in [0.29, 0.717) is 12.2 Å². The van der Waals surface area contributed by atoms with Crippen molar-refractivity contribution in [1.82, 2.24) is 5.32 Å². The van der Waals surface area contributed by atoms with Gasteiger partial charge in [-0.25, -0.2) is 4.39 Å². The molecule has 0 aromatic heterocycles. The molecule has 2 rings (SSSR count). The van der Waals surface area contributed by atoms with Crippen LogP contribution < -0.4 is 10.6 Å². The minimum absolute atomic E-state index is 0.0625. The lowest BCUT2D eigenvalue weighted by Gasteiger charge is -2.27. The molecule has 1 saturated heterocycles. The fourth-order valence-corrected chi connectivity index (χ4v) is 2.78. The molecule has 0 radical (unpaired) electrons. The molecule has 0 bridgehead atoms. The van der Waals surface area contributed by atoms with Gasteiger partial charge in [0, 0.05) is 6.54 Å². The molecule has 1 atom stereocenters. The Hall–Kier alpha value is -1.42. The van der Waals surface area contributed by atoms with Gasteiger partial charge in [0.15, 0.2) is 0 Å². The Kier molecular flexibility index (Phi) is 4.20. The second-order valence-electron chi connectivity index (χ2n) is 5.34. The number of aryl methyl sites for hydroxylation is 1. The summed E-state index contributed by atoms with van der Waals surface area (Å²) in [4.78, 5) is 12.5. The summed E-state index contributed by atoms with van der Waals surface area (Å²) in [5.41, 5.74) is 0.685. The van der Waals surface area contributed by atoms with Gasteiger partial charge >= 0.3 is 0 Å². The molecule has 1 aliphatic heterocycles. The van der Waals surface area contributed by atoms with Crippen molar-refractivity contribution in [2.24, 2.45) is 5.41 Å². The Morgan fingerprint density at radius 2 is 2.32 bits per heavy atom. The summed E-state index contributed by atoms with van der Waals surface area (Å²) in [6.45, 7) is 5.41. The molecule has 19 heavy (non-hydrogen) atoms. The number of benzene rings is 1. The Balaban J connectivity index is 2.20. The smallest absolute Gasteiger partial charge is 0.232 e. The average molecular weight is 264 g/mol. The fraction of sp³-hybridized carbons (Fsp3) is 0.533. The van der Waals surface area contributed by atoms with Crippen LogP contribution in [0.15, 0.2) is 18.2 Å². The normalized spacial score (nSPS) is 22.5. The average Bonchev–Trinajstić information content (AvgIpc) is 2.84. The van der Waals surface area contributed by atoms with E-state index in [9.17, 15) is 9.18 Å². The molecule has 104 valence electrons. The third-order valence-electron chi connectivity index (χ3n) is 3.91. The molecule has 1 amide bonds. The zero-order chi connectivity index (χ0) is 13.9. The number of amides is 1. The van der Waals surface area contributed by atoms with Crippen LogP contribution in [0.3, 0.4) is 0 Å². The third kappa shape index (κ3) is 2.78. The molecule has 1 aromatic carbocycles. The molecule has 1 fully saturated rings. The minimum atomic E-state index is -0.385. The maximum atomic E-state index is 13.8. The zero-order valence-corrected chi connectivity index (χ0v) is 11.6. The highest BCUT2D eigenvalue weighted by atomic mass is 19.1. The molecule has 2 N–H and O–H groups in total. The van der Waals surface area contributed by atoms with Crippen LogP contribution in [-0.2, 0) is 4.79 Å². The van der Waals surface area contributed by atoms with Gasteiger partial charge < -0.3 is 10.6 Å². The number of rotatable bonds is 4. The summed E-state index contributed by atoms with van der Waals surface area (Å²) in [5, 5.41) is 6.03. The van der Waals surface area contributed by atoms with Crippen LogP contribution in [0.2, 0.25) is 0 Å². The van der Waals surface area contributed by atoms with Crippen molar-refractivity contribution in [2.45, 2.75) is 33.1 Å². The second-order valence-corrected chi connectivity index (χ2v) is 5.34. The van der Waals surface area contributed by atoms with Crippen LogP contribution in [0, 0.1) is 18.2 Å². The Morgan fingerprint density at radius 3 is 2.89 bits per heavy atom. The number of hydrogen-bond donors (Lipinski definition) is 2. The summed E-state index contributed by atoms with van der Waals surface area (Å²) in [7, 11) is 0. The number of anilines is 1. The van der Waals surface area contributed by atoms with E-state index in [1.54, 1.807) is 19.1 Å². The van der Waals surface area contributed by atoms with Crippen molar-refractivity contribution in [3.05, 3.63) is 29.6 Å². The van der Waals surface area contributed by atoms with Crippen LogP contribution in [0.1, 0.15) is 31.7 Å². The van der Waals surface area contributed by atoms with E-state index in [1.165, 1.54) is 6.07 Å². The van der Waals surface area contributed by atoms with Crippen molar-refractivity contribution in [1.29, 1.82) is 0 Å². The SMILES string of the molecule is CCCC1(C(=O)Nc2c(C)cccc2F)CCNC1. The number of carbonyl (C=O) groups is 1. The molecule has 1 heterocycles. The number of hydrogen-bond acceptors (Lipinski definition) is 2. The van der Waals surface area contributed by atoms with Gasteiger partial charge in [0.1, 0.15) is 5.82 Å². The van der Waals surface area contributed by atoms with E-state index >= 15 is 0 Å². The lowest BCUT2D eigenvalue weighted by atomic mass is 9.81. The molecule has 1 unspecified atom stereocenters. The molecule has 0 saturated carbocycles. The van der Waals surface area contributed by atoms with E-state index in [1.807, 2.05) is 0 Å². The third-order valence-corrected chi connectivity index (χ3v) is 3.91. The molecule has 0 aliphatic carbocycles. The highest BCUT2D eigenvalue weighted by Crippen LogP contribution is 2.33. The first-order valence-corrected chi connectivity index (χ1v) is 6.86. The van der Waals surface area contributed by atoms with Crippen molar-refractivity contribution in [3.63, 3.8) is 0 Å². The maximum Gasteiger partial charge on any atom is 0.232 e. The first-order chi connectivity index (χ1) is 9.09. The molecule has 1 aromatic rings. The topological polar surface area (TPSA) is 41.1 Å². The molecule has 4 heteroatoms. The van der Waals surface area contributed by atoms with Gasteiger partial charge in [-0.2, -0.15) is 0 Å². The Bertz CT molecular complexity index is 447. The first kappa shape index (κ1) is 14.0. The number of para-hydroxylation sites is 1. The molecular weight excluding hydrogens is 243 g/mol. The van der Waals surface area contributed by atoms with Crippen LogP contribution in [0.25, 0.3) is 0 Å². The molecule has 3 nitrogen and oxygen atoms in total. The summed E-state index contributed by atoms with van der Waals surface area (Å²) in [5.74, 6) is -0.432. The molecular formula is C15H21FN2O. The number of nitrogens with one attached hydrogen (secondary N) is 2. The van der Waals surface area contributed by atoms with E-state index in [0.717, 1.165) is 31.4 Å². The Labute approximate surface area is 113 Å². The van der Waals surface area contributed by atoms with Gasteiger partial charge in [-0.3, -0.25) is 4.79 Å². The van der Waals surface area contributed by atoms with Crippen LogP contribution in [0.5, 0.6) is 0 Å². The Morgan fingerprint density at radius 1 is 1.53 bits per heavy atom. The van der Waals surface area contributed by atoms with E-state index < -0.39 is 0 Å². The molecule has 0 spiro atoms. The largest absolute Gasteiger partial charge is 0.323 e. The van der Waals surface area contributed by atoms with Gasteiger partial charge in [0.25, 0.3) is 0 Å². The van der Waals surface area contributed by atoms with E-state index in [2.05, 4.69) is 17.6 Å². The minimum Gasteiger partial charge on any atom is -0.323 e. The highest BCUT2D eigenvalue weighted by molar-refractivity contribution is 5.96. The van der Waals surface area contributed by atoms with Crippen LogP contribution in [-0.4, -0.2) is 19.0 Å². The molecule has 1 aliphatic rings. The predicted octanol–water partition coefficient (Wildman–Crippen LogP) is 2.85. The fourth-order valence-electron chi connectivity index (χ4n) is 2.78. The van der Waals surface area contributed by atoms with Gasteiger partial charge in [0.05, 0.1) is 11.1 Å². The standard InChI is InChI=1S/C15H21FN2O/c1-3-7-15(8-9-17-10-15)14(19)18-13-11(2)5-4-6-12(13)16/h4-6,17H,3,7-10H2,1-2H3,(H,18,19). The van der Waals surface area contributed by atoms with E-state index in [-0.39, 0.29) is 17.1 Å². The number of carbonyl (C=O) groups excluding carboxylic acids is 1. The maximum absolute atomic E-state index is 13.8. The van der Waals surface area contributed by atoms with Gasteiger partial charge in [-0.15, -0.1) is 0 Å². The van der Waals surface area contributed by atoms with Crippen LogP contribution in [0.4, 0.5) is 10.1 Å². The van der Waals surface area contributed by atoms with Crippen LogP contribution >= 0.6 is 0 Å². The monoisotopic (exact) mass is 264 g/mol.